The second-order valence-electron chi connectivity index (χ2n) is 5.73. The number of carbonyl (C=O) groups excluding carboxylic acids is 1. The molecule has 2 heterocycles. The molecule has 0 aliphatic rings. The van der Waals surface area contributed by atoms with Crippen LogP contribution in [0.2, 0.25) is 0 Å². The van der Waals surface area contributed by atoms with Gasteiger partial charge in [-0.1, -0.05) is 0 Å². The summed E-state index contributed by atoms with van der Waals surface area (Å²) in [4.78, 5) is 35.0. The van der Waals surface area contributed by atoms with Gasteiger partial charge < -0.3 is 9.55 Å². The van der Waals surface area contributed by atoms with Gasteiger partial charge in [-0.05, 0) is 20.8 Å². The third kappa shape index (κ3) is 3.32. The molecule has 8 heteroatoms. The smallest absolute Gasteiger partial charge is 0.275 e. The molecule has 0 aliphatic carbocycles. The number of hydroxylamine groups is 2. The van der Waals surface area contributed by atoms with E-state index in [1.807, 2.05) is 26.8 Å². The summed E-state index contributed by atoms with van der Waals surface area (Å²) in [6, 6.07) is 2.01. The van der Waals surface area contributed by atoms with Gasteiger partial charge in [-0.2, -0.15) is 5.26 Å². The van der Waals surface area contributed by atoms with Crippen molar-refractivity contribution in [1.29, 1.82) is 5.26 Å². The summed E-state index contributed by atoms with van der Waals surface area (Å²) < 4.78 is 1.60. The normalized spacial score (nSPS) is 11.4. The molecule has 116 valence electrons. The molecule has 2 aromatic rings. The maximum atomic E-state index is 11.9. The van der Waals surface area contributed by atoms with Gasteiger partial charge in [-0.3, -0.25) is 14.4 Å². The number of H-pyrrole nitrogens is 1. The molecule has 0 aliphatic heterocycles. The first-order valence-electron chi connectivity index (χ1n) is 6.73. The standard InChI is InChI=1S/C14H17N5O3/c1-14(2,3)22-19(9-20)5-4-18-7-10(6-15)11-12(18)13(21)17-8-16-11/h7-9H,4-5H2,1-3H3,(H,16,17,21). The predicted molar refractivity (Wildman–Crippen MR) is 78.7 cm³/mol. The topological polar surface area (TPSA) is 104 Å². The molecule has 0 spiro atoms. The van der Waals surface area contributed by atoms with E-state index < -0.39 is 5.60 Å². The number of nitrogens with zero attached hydrogens (tertiary/aromatic N) is 4. The molecule has 0 atom stereocenters. The molecule has 0 unspecified atom stereocenters. The highest BCUT2D eigenvalue weighted by atomic mass is 16.7. The van der Waals surface area contributed by atoms with E-state index >= 15 is 0 Å². The van der Waals surface area contributed by atoms with Crippen LogP contribution in [0.1, 0.15) is 26.3 Å². The number of hydrogen-bond donors (Lipinski definition) is 1. The van der Waals surface area contributed by atoms with E-state index in [2.05, 4.69) is 9.97 Å². The Balaban J connectivity index is 2.27. The molecule has 1 amide bonds. The summed E-state index contributed by atoms with van der Waals surface area (Å²) in [6.07, 6.45) is 3.40. The SMILES string of the molecule is CC(C)(C)ON(C=O)CCn1cc(C#N)c2nc[nH]c(=O)c21. The second-order valence-corrected chi connectivity index (χ2v) is 5.73. The van der Waals surface area contributed by atoms with Crippen molar-refractivity contribution in [2.45, 2.75) is 32.9 Å². The monoisotopic (exact) mass is 303 g/mol. The lowest BCUT2D eigenvalue weighted by Crippen LogP contribution is -2.35. The lowest BCUT2D eigenvalue weighted by Gasteiger charge is -2.26. The molecule has 8 nitrogen and oxygen atoms in total. The Kier molecular flexibility index (Phi) is 4.28. The van der Waals surface area contributed by atoms with E-state index in [4.69, 9.17) is 10.1 Å². The van der Waals surface area contributed by atoms with Crippen LogP contribution in [0, 0.1) is 11.3 Å². The fourth-order valence-electron chi connectivity index (χ4n) is 2.07. The van der Waals surface area contributed by atoms with Crippen molar-refractivity contribution >= 4 is 17.4 Å². The number of nitrogens with one attached hydrogen (secondary N) is 1. The quantitative estimate of drug-likeness (QED) is 0.649. The van der Waals surface area contributed by atoms with Gasteiger partial charge in [0.05, 0.1) is 24.0 Å². The first-order chi connectivity index (χ1) is 10.4. The van der Waals surface area contributed by atoms with Crippen LogP contribution in [0.4, 0.5) is 0 Å². The average molecular weight is 303 g/mol. The number of fused-ring (bicyclic) bond motifs is 1. The van der Waals surface area contributed by atoms with Crippen molar-refractivity contribution < 1.29 is 9.63 Å². The van der Waals surface area contributed by atoms with Crippen LogP contribution in [-0.4, -0.2) is 38.2 Å². The first kappa shape index (κ1) is 15.7. The summed E-state index contributed by atoms with van der Waals surface area (Å²) in [7, 11) is 0. The van der Waals surface area contributed by atoms with Crippen LogP contribution >= 0.6 is 0 Å². The predicted octanol–water partition coefficient (Wildman–Crippen LogP) is 0.785. The lowest BCUT2D eigenvalue weighted by molar-refractivity contribution is -0.216. The largest absolute Gasteiger partial charge is 0.338 e. The van der Waals surface area contributed by atoms with E-state index in [0.717, 1.165) is 0 Å². The van der Waals surface area contributed by atoms with Crippen LogP contribution in [0.5, 0.6) is 0 Å². The lowest BCUT2D eigenvalue weighted by atomic mass is 10.2. The summed E-state index contributed by atoms with van der Waals surface area (Å²) in [5.74, 6) is 0. The van der Waals surface area contributed by atoms with E-state index in [9.17, 15) is 9.59 Å². The summed E-state index contributed by atoms with van der Waals surface area (Å²) >= 11 is 0. The second kappa shape index (κ2) is 5.99. The molecule has 22 heavy (non-hydrogen) atoms. The van der Waals surface area contributed by atoms with E-state index in [1.54, 1.807) is 10.8 Å². The van der Waals surface area contributed by atoms with Crippen molar-refractivity contribution in [3.05, 3.63) is 28.4 Å². The van der Waals surface area contributed by atoms with Crippen LogP contribution in [0.25, 0.3) is 11.0 Å². The molecular weight excluding hydrogens is 286 g/mol. The Morgan fingerprint density at radius 3 is 2.86 bits per heavy atom. The van der Waals surface area contributed by atoms with Gasteiger partial charge in [-0.15, -0.1) is 0 Å². The summed E-state index contributed by atoms with van der Waals surface area (Å²) in [6.45, 7) is 6.04. The highest BCUT2D eigenvalue weighted by Gasteiger charge is 2.17. The van der Waals surface area contributed by atoms with Crippen LogP contribution in [0.15, 0.2) is 17.3 Å². The number of carbonyl (C=O) groups is 1. The van der Waals surface area contributed by atoms with Gasteiger partial charge in [0.1, 0.15) is 17.1 Å². The maximum Gasteiger partial charge on any atom is 0.275 e. The average Bonchev–Trinajstić information content (AvgIpc) is 2.81. The molecule has 0 saturated heterocycles. The molecule has 0 aromatic carbocycles. The van der Waals surface area contributed by atoms with Gasteiger partial charge in [-0.25, -0.2) is 10.0 Å². The van der Waals surface area contributed by atoms with Gasteiger partial charge in [0.15, 0.2) is 0 Å². The van der Waals surface area contributed by atoms with Gasteiger partial charge >= 0.3 is 0 Å². The van der Waals surface area contributed by atoms with E-state index in [-0.39, 0.29) is 12.1 Å². The van der Waals surface area contributed by atoms with Crippen LogP contribution in [-0.2, 0) is 16.2 Å². The number of rotatable bonds is 5. The van der Waals surface area contributed by atoms with Crippen molar-refractivity contribution in [3.8, 4) is 6.07 Å². The zero-order valence-corrected chi connectivity index (χ0v) is 12.7. The Morgan fingerprint density at radius 1 is 1.55 bits per heavy atom. The third-order valence-electron chi connectivity index (χ3n) is 2.85. The molecule has 0 fully saturated rings. The Hall–Kier alpha value is -2.66. The van der Waals surface area contributed by atoms with E-state index in [0.29, 0.717) is 29.6 Å². The zero-order chi connectivity index (χ0) is 16.3. The molecular formula is C14H17N5O3. The van der Waals surface area contributed by atoms with Crippen molar-refractivity contribution in [1.82, 2.24) is 19.6 Å². The maximum absolute atomic E-state index is 11.9. The number of nitriles is 1. The third-order valence-corrected chi connectivity index (χ3v) is 2.85. The molecule has 1 N–H and O–H groups in total. The number of amides is 1. The Bertz CT molecular complexity index is 778. The van der Waals surface area contributed by atoms with Crippen molar-refractivity contribution in [2.24, 2.45) is 0 Å². The fourth-order valence-corrected chi connectivity index (χ4v) is 2.07. The number of aromatic nitrogens is 3. The van der Waals surface area contributed by atoms with E-state index in [1.165, 1.54) is 11.4 Å². The summed E-state index contributed by atoms with van der Waals surface area (Å²) in [5.41, 5.74) is 0.133. The van der Waals surface area contributed by atoms with Crippen molar-refractivity contribution in [2.75, 3.05) is 6.54 Å². The van der Waals surface area contributed by atoms with Gasteiger partial charge in [0, 0.05) is 12.7 Å². The minimum atomic E-state index is -0.503. The molecule has 0 radical (unpaired) electrons. The van der Waals surface area contributed by atoms with Crippen molar-refractivity contribution in [3.63, 3.8) is 0 Å². The minimum absolute atomic E-state index is 0.240. The Morgan fingerprint density at radius 2 is 2.27 bits per heavy atom. The number of aromatic amines is 1. The van der Waals surface area contributed by atoms with Crippen LogP contribution in [0.3, 0.4) is 0 Å². The first-order valence-corrected chi connectivity index (χ1v) is 6.73. The fraction of sp³-hybridized carbons (Fsp3) is 0.429. The molecule has 2 aromatic heterocycles. The Labute approximate surface area is 126 Å². The van der Waals surface area contributed by atoms with Gasteiger partial charge in [0.2, 0.25) is 6.41 Å². The van der Waals surface area contributed by atoms with Gasteiger partial charge in [0.25, 0.3) is 5.56 Å². The highest BCUT2D eigenvalue weighted by Crippen LogP contribution is 2.15. The zero-order valence-electron chi connectivity index (χ0n) is 12.7. The highest BCUT2D eigenvalue weighted by molar-refractivity contribution is 5.81. The molecule has 0 bridgehead atoms. The molecule has 0 saturated carbocycles. The number of hydrogen-bond acceptors (Lipinski definition) is 5. The molecule has 2 rings (SSSR count). The summed E-state index contributed by atoms with van der Waals surface area (Å²) in [5, 5.41) is 10.3. The minimum Gasteiger partial charge on any atom is -0.338 e. The van der Waals surface area contributed by atoms with Crippen LogP contribution < -0.4 is 5.56 Å².